The molecule has 2 amide bonds. The SMILES string of the molecule is COc1ccc(NC(=O)N(Cc2ccco2)Cc2cc3ccc(C)c(C)c3[nH]c2=O)cc1. The molecule has 4 aromatic rings. The van der Waals surface area contributed by atoms with Gasteiger partial charge in [-0.2, -0.15) is 0 Å². The predicted molar refractivity (Wildman–Crippen MR) is 124 cm³/mol. The molecule has 2 aromatic carbocycles. The number of nitrogens with one attached hydrogen (secondary N) is 2. The topological polar surface area (TPSA) is 87.6 Å². The van der Waals surface area contributed by atoms with E-state index in [1.165, 1.54) is 0 Å². The molecule has 32 heavy (non-hydrogen) atoms. The second-order valence-electron chi connectivity index (χ2n) is 7.69. The van der Waals surface area contributed by atoms with Crippen LogP contribution in [-0.2, 0) is 13.1 Å². The molecule has 0 aliphatic rings. The second-order valence-corrected chi connectivity index (χ2v) is 7.69. The van der Waals surface area contributed by atoms with E-state index in [1.807, 2.05) is 32.0 Å². The third-order valence-electron chi connectivity index (χ3n) is 5.54. The van der Waals surface area contributed by atoms with Crippen molar-refractivity contribution in [3.8, 4) is 5.75 Å². The van der Waals surface area contributed by atoms with Gasteiger partial charge in [0.05, 0.1) is 32.0 Å². The monoisotopic (exact) mass is 431 g/mol. The van der Waals surface area contributed by atoms with Gasteiger partial charge in [0.2, 0.25) is 0 Å². The third kappa shape index (κ3) is 4.51. The highest BCUT2D eigenvalue weighted by Crippen LogP contribution is 2.21. The number of hydrogen-bond acceptors (Lipinski definition) is 4. The van der Waals surface area contributed by atoms with Crippen LogP contribution in [0.1, 0.15) is 22.5 Å². The number of ether oxygens (including phenoxy) is 1. The average Bonchev–Trinajstić information content (AvgIpc) is 3.30. The molecule has 4 rings (SSSR count). The number of fused-ring (bicyclic) bond motifs is 1. The molecule has 0 atom stereocenters. The van der Waals surface area contributed by atoms with Crippen molar-refractivity contribution in [2.45, 2.75) is 26.9 Å². The largest absolute Gasteiger partial charge is 0.497 e. The van der Waals surface area contributed by atoms with Crippen LogP contribution >= 0.6 is 0 Å². The fourth-order valence-corrected chi connectivity index (χ4v) is 3.56. The molecule has 2 aromatic heterocycles. The van der Waals surface area contributed by atoms with E-state index >= 15 is 0 Å². The minimum atomic E-state index is -0.342. The number of carbonyl (C=O) groups is 1. The smallest absolute Gasteiger partial charge is 0.322 e. The number of carbonyl (C=O) groups excluding carboxylic acids is 1. The van der Waals surface area contributed by atoms with Crippen LogP contribution in [0.4, 0.5) is 10.5 Å². The summed E-state index contributed by atoms with van der Waals surface area (Å²) in [5.74, 6) is 1.32. The Morgan fingerprint density at radius 2 is 1.88 bits per heavy atom. The van der Waals surface area contributed by atoms with E-state index < -0.39 is 0 Å². The normalized spacial score (nSPS) is 10.8. The average molecular weight is 431 g/mol. The first-order valence-electron chi connectivity index (χ1n) is 10.3. The van der Waals surface area contributed by atoms with E-state index in [4.69, 9.17) is 9.15 Å². The Kier molecular flexibility index (Phi) is 5.98. The number of rotatable bonds is 6. The maximum atomic E-state index is 13.1. The first kappa shape index (κ1) is 21.2. The number of nitrogens with zero attached hydrogens (tertiary/aromatic N) is 1. The molecule has 0 saturated heterocycles. The minimum absolute atomic E-state index is 0.126. The van der Waals surface area contributed by atoms with Crippen LogP contribution in [0.5, 0.6) is 5.75 Å². The van der Waals surface area contributed by atoms with Crippen LogP contribution < -0.4 is 15.6 Å². The number of anilines is 1. The molecular formula is C25H25N3O4. The number of pyridine rings is 1. The highest BCUT2D eigenvalue weighted by Gasteiger charge is 2.18. The highest BCUT2D eigenvalue weighted by molar-refractivity contribution is 5.89. The van der Waals surface area contributed by atoms with Gasteiger partial charge in [-0.25, -0.2) is 4.79 Å². The lowest BCUT2D eigenvalue weighted by molar-refractivity contribution is 0.201. The van der Waals surface area contributed by atoms with Gasteiger partial charge in [-0.1, -0.05) is 12.1 Å². The Balaban J connectivity index is 1.63. The summed E-state index contributed by atoms with van der Waals surface area (Å²) in [6.45, 7) is 4.34. The molecule has 0 bridgehead atoms. The zero-order valence-corrected chi connectivity index (χ0v) is 18.3. The minimum Gasteiger partial charge on any atom is -0.497 e. The van der Waals surface area contributed by atoms with Gasteiger partial charge in [0.15, 0.2) is 0 Å². The Morgan fingerprint density at radius 3 is 2.56 bits per heavy atom. The van der Waals surface area contributed by atoms with Crippen molar-refractivity contribution >= 4 is 22.6 Å². The molecule has 0 unspecified atom stereocenters. The molecular weight excluding hydrogens is 406 g/mol. The molecule has 7 heteroatoms. The van der Waals surface area contributed by atoms with Crippen LogP contribution in [0.25, 0.3) is 10.9 Å². The summed E-state index contributed by atoms with van der Waals surface area (Å²) in [6.07, 6.45) is 1.56. The van der Waals surface area contributed by atoms with Crippen molar-refractivity contribution in [2.24, 2.45) is 0 Å². The van der Waals surface area contributed by atoms with E-state index in [0.717, 1.165) is 22.0 Å². The number of aromatic amines is 1. The standard InChI is InChI=1S/C25H25N3O4/c1-16-6-7-18-13-19(24(29)27-23(18)17(16)2)14-28(15-22-5-4-12-32-22)25(30)26-20-8-10-21(31-3)11-9-20/h4-13H,14-15H2,1-3H3,(H,26,30)(H,27,29). The first-order valence-corrected chi connectivity index (χ1v) is 10.3. The van der Waals surface area contributed by atoms with Gasteiger partial charge in [0.1, 0.15) is 11.5 Å². The third-order valence-corrected chi connectivity index (χ3v) is 5.54. The number of amides is 2. The molecule has 2 N–H and O–H groups in total. The highest BCUT2D eigenvalue weighted by atomic mass is 16.5. The number of benzene rings is 2. The van der Waals surface area contributed by atoms with E-state index in [1.54, 1.807) is 54.7 Å². The Hall–Kier alpha value is -4.00. The van der Waals surface area contributed by atoms with Crippen molar-refractivity contribution in [2.75, 3.05) is 12.4 Å². The Bertz CT molecular complexity index is 1290. The van der Waals surface area contributed by atoms with Gasteiger partial charge in [0.25, 0.3) is 5.56 Å². The lowest BCUT2D eigenvalue weighted by Crippen LogP contribution is -2.35. The molecule has 7 nitrogen and oxygen atoms in total. The maximum absolute atomic E-state index is 13.1. The fourth-order valence-electron chi connectivity index (χ4n) is 3.56. The van der Waals surface area contributed by atoms with Gasteiger partial charge in [-0.3, -0.25) is 4.79 Å². The lowest BCUT2D eigenvalue weighted by atomic mass is 10.0. The number of methoxy groups -OCH3 is 1. The zero-order chi connectivity index (χ0) is 22.7. The lowest BCUT2D eigenvalue weighted by Gasteiger charge is -2.22. The van der Waals surface area contributed by atoms with Crippen LogP contribution in [0, 0.1) is 13.8 Å². The number of urea groups is 1. The van der Waals surface area contributed by atoms with Crippen molar-refractivity contribution in [1.82, 2.24) is 9.88 Å². The van der Waals surface area contributed by atoms with E-state index in [0.29, 0.717) is 22.8 Å². The van der Waals surface area contributed by atoms with E-state index in [-0.39, 0.29) is 24.7 Å². The van der Waals surface area contributed by atoms with Crippen molar-refractivity contribution < 1.29 is 13.9 Å². The molecule has 0 radical (unpaired) electrons. The van der Waals surface area contributed by atoms with Gasteiger partial charge in [-0.05, 0) is 72.8 Å². The number of hydrogen-bond donors (Lipinski definition) is 2. The quantitative estimate of drug-likeness (QED) is 0.451. The van der Waals surface area contributed by atoms with Crippen molar-refractivity contribution in [1.29, 1.82) is 0 Å². The Morgan fingerprint density at radius 1 is 1.09 bits per heavy atom. The predicted octanol–water partition coefficient (Wildman–Crippen LogP) is 4.98. The van der Waals surface area contributed by atoms with Gasteiger partial charge in [0, 0.05) is 11.3 Å². The van der Waals surface area contributed by atoms with Gasteiger partial charge in [-0.15, -0.1) is 0 Å². The summed E-state index contributed by atoms with van der Waals surface area (Å²) in [4.78, 5) is 30.5. The first-order chi connectivity index (χ1) is 15.4. The summed E-state index contributed by atoms with van der Waals surface area (Å²) in [5, 5.41) is 3.80. The summed E-state index contributed by atoms with van der Waals surface area (Å²) in [6, 6.07) is 16.1. The van der Waals surface area contributed by atoms with Crippen molar-refractivity contribution in [3.63, 3.8) is 0 Å². The van der Waals surface area contributed by atoms with Gasteiger partial charge < -0.3 is 24.4 Å². The van der Waals surface area contributed by atoms with E-state index in [2.05, 4.69) is 10.3 Å². The van der Waals surface area contributed by atoms with E-state index in [9.17, 15) is 9.59 Å². The second kappa shape index (κ2) is 9.01. The molecule has 0 saturated carbocycles. The van der Waals surface area contributed by atoms with Crippen LogP contribution in [0.3, 0.4) is 0 Å². The number of aryl methyl sites for hydroxylation is 2. The summed E-state index contributed by atoms with van der Waals surface area (Å²) in [7, 11) is 1.59. The number of aromatic nitrogens is 1. The van der Waals surface area contributed by atoms with Crippen LogP contribution in [-0.4, -0.2) is 23.0 Å². The molecule has 0 spiro atoms. The summed E-state index contributed by atoms with van der Waals surface area (Å²) in [5.41, 5.74) is 3.87. The fraction of sp³-hybridized carbons (Fsp3) is 0.200. The molecule has 164 valence electrons. The molecule has 2 heterocycles. The van der Waals surface area contributed by atoms with Crippen LogP contribution in [0.2, 0.25) is 0 Å². The van der Waals surface area contributed by atoms with Crippen LogP contribution in [0.15, 0.2) is 70.1 Å². The number of H-pyrrole nitrogens is 1. The Labute approximate surface area is 185 Å². The summed E-state index contributed by atoms with van der Waals surface area (Å²) >= 11 is 0. The zero-order valence-electron chi connectivity index (χ0n) is 18.3. The molecule has 0 aliphatic heterocycles. The number of furan rings is 1. The maximum Gasteiger partial charge on any atom is 0.322 e. The van der Waals surface area contributed by atoms with Gasteiger partial charge >= 0.3 is 6.03 Å². The molecule has 0 aliphatic carbocycles. The van der Waals surface area contributed by atoms with Crippen molar-refractivity contribution in [3.05, 3.63) is 93.7 Å². The summed E-state index contributed by atoms with van der Waals surface area (Å²) < 4.78 is 10.6. The molecule has 0 fully saturated rings.